The highest BCUT2D eigenvalue weighted by molar-refractivity contribution is 5.91. The van der Waals surface area contributed by atoms with Crippen LogP contribution in [0.1, 0.15) is 33.6 Å². The zero-order chi connectivity index (χ0) is 14.0. The maximum Gasteiger partial charge on any atom is 0.246 e. The summed E-state index contributed by atoms with van der Waals surface area (Å²) in [7, 11) is 0. The highest BCUT2D eigenvalue weighted by Crippen LogP contribution is 2.40. The van der Waals surface area contributed by atoms with E-state index < -0.39 is 5.79 Å². The number of rotatable bonds is 4. The molecule has 1 aromatic rings. The maximum absolute atomic E-state index is 11.7. The first-order chi connectivity index (χ1) is 8.89. The van der Waals surface area contributed by atoms with Crippen molar-refractivity contribution in [2.75, 3.05) is 5.32 Å². The highest BCUT2D eigenvalue weighted by atomic mass is 16.7. The van der Waals surface area contributed by atoms with Gasteiger partial charge in [0.25, 0.3) is 0 Å². The molecule has 1 unspecified atom stereocenters. The first-order valence-corrected chi connectivity index (χ1v) is 6.47. The highest BCUT2D eigenvalue weighted by Gasteiger charge is 2.31. The van der Waals surface area contributed by atoms with E-state index in [1.54, 1.807) is 18.2 Å². The van der Waals surface area contributed by atoms with Gasteiger partial charge in [0, 0.05) is 38.1 Å². The Labute approximate surface area is 113 Å². The van der Waals surface area contributed by atoms with Gasteiger partial charge in [0.1, 0.15) is 0 Å². The predicted octanol–water partition coefficient (Wildman–Crippen LogP) is 2.26. The average Bonchev–Trinajstić information content (AvgIpc) is 2.61. The van der Waals surface area contributed by atoms with E-state index in [9.17, 15) is 4.79 Å². The predicted molar refractivity (Wildman–Crippen MR) is 73.3 cm³/mol. The quantitative estimate of drug-likeness (QED) is 0.874. The molecule has 1 aromatic carbocycles. The Balaban J connectivity index is 2.02. The van der Waals surface area contributed by atoms with Gasteiger partial charge in [0.15, 0.2) is 11.5 Å². The summed E-state index contributed by atoms with van der Waals surface area (Å²) in [5.74, 6) is 0.582. The molecule has 0 radical (unpaired) electrons. The molecule has 2 rings (SSSR count). The van der Waals surface area contributed by atoms with E-state index in [0.717, 1.165) is 6.42 Å². The van der Waals surface area contributed by atoms with E-state index in [2.05, 4.69) is 5.32 Å². The molecular weight excluding hydrogens is 244 g/mol. The van der Waals surface area contributed by atoms with Crippen LogP contribution in [0, 0.1) is 0 Å². The zero-order valence-electron chi connectivity index (χ0n) is 11.5. The molecule has 1 aliphatic rings. The summed E-state index contributed by atoms with van der Waals surface area (Å²) in [6.07, 6.45) is 1.10. The van der Waals surface area contributed by atoms with E-state index in [1.165, 1.54) is 0 Å². The van der Waals surface area contributed by atoms with E-state index in [-0.39, 0.29) is 11.9 Å². The molecule has 5 nitrogen and oxygen atoms in total. The normalized spacial score (nSPS) is 17.1. The molecule has 1 atom stereocenters. The second-order valence-electron chi connectivity index (χ2n) is 5.19. The molecule has 0 saturated heterocycles. The summed E-state index contributed by atoms with van der Waals surface area (Å²) >= 11 is 0. The van der Waals surface area contributed by atoms with Gasteiger partial charge in [-0.1, -0.05) is 6.92 Å². The molecule has 1 aliphatic heterocycles. The van der Waals surface area contributed by atoms with Crippen LogP contribution in [-0.4, -0.2) is 17.7 Å². The van der Waals surface area contributed by atoms with Gasteiger partial charge in [-0.2, -0.15) is 0 Å². The number of fused-ring (bicyclic) bond motifs is 1. The second-order valence-corrected chi connectivity index (χ2v) is 5.19. The van der Waals surface area contributed by atoms with Gasteiger partial charge in [0.2, 0.25) is 11.7 Å². The number of hydrogen-bond acceptors (Lipinski definition) is 4. The van der Waals surface area contributed by atoms with Crippen LogP contribution in [0.15, 0.2) is 18.2 Å². The number of carbonyl (C=O) groups is 1. The van der Waals surface area contributed by atoms with Crippen LogP contribution < -0.4 is 20.5 Å². The van der Waals surface area contributed by atoms with Gasteiger partial charge in [0.05, 0.1) is 0 Å². The maximum atomic E-state index is 11.7. The van der Waals surface area contributed by atoms with E-state index in [4.69, 9.17) is 15.2 Å². The number of nitrogens with two attached hydrogens (primary N) is 1. The first-order valence-electron chi connectivity index (χ1n) is 6.47. The topological polar surface area (TPSA) is 73.6 Å². The molecule has 3 N–H and O–H groups in total. The van der Waals surface area contributed by atoms with Crippen LogP contribution >= 0.6 is 0 Å². The van der Waals surface area contributed by atoms with Crippen LogP contribution in [0.4, 0.5) is 5.69 Å². The minimum Gasteiger partial charge on any atom is -0.449 e. The molecule has 5 heteroatoms. The summed E-state index contributed by atoms with van der Waals surface area (Å²) < 4.78 is 11.2. The molecule has 0 aromatic heterocycles. The molecule has 0 bridgehead atoms. The van der Waals surface area contributed by atoms with Gasteiger partial charge in [-0.25, -0.2) is 0 Å². The third kappa shape index (κ3) is 3.38. The average molecular weight is 264 g/mol. The van der Waals surface area contributed by atoms with Crippen LogP contribution in [0.5, 0.6) is 11.5 Å². The fraction of sp³-hybridized carbons (Fsp3) is 0.500. The van der Waals surface area contributed by atoms with Crippen molar-refractivity contribution in [3.8, 4) is 11.5 Å². The van der Waals surface area contributed by atoms with Gasteiger partial charge in [-0.05, 0) is 18.6 Å². The number of nitrogens with one attached hydrogen (secondary N) is 1. The van der Waals surface area contributed by atoms with Crippen molar-refractivity contribution >= 4 is 11.6 Å². The number of benzene rings is 1. The van der Waals surface area contributed by atoms with E-state index in [0.29, 0.717) is 23.6 Å². The summed E-state index contributed by atoms with van der Waals surface area (Å²) in [6.45, 7) is 5.64. The van der Waals surface area contributed by atoms with Gasteiger partial charge in [-0.3, -0.25) is 4.79 Å². The Morgan fingerprint density at radius 3 is 2.74 bits per heavy atom. The minimum absolute atomic E-state index is 0.0903. The molecular formula is C14H20N2O3. The van der Waals surface area contributed by atoms with Crippen LogP contribution in [0.25, 0.3) is 0 Å². The number of ether oxygens (including phenoxy) is 2. The van der Waals surface area contributed by atoms with Crippen molar-refractivity contribution in [2.45, 2.75) is 45.4 Å². The van der Waals surface area contributed by atoms with Crippen LogP contribution in [-0.2, 0) is 4.79 Å². The molecule has 104 valence electrons. The Hall–Kier alpha value is -1.75. The summed E-state index contributed by atoms with van der Waals surface area (Å²) in [5, 5.41) is 2.81. The van der Waals surface area contributed by atoms with E-state index in [1.807, 2.05) is 20.8 Å². The molecule has 1 heterocycles. The van der Waals surface area contributed by atoms with Crippen LogP contribution in [0.2, 0.25) is 0 Å². The largest absolute Gasteiger partial charge is 0.449 e. The van der Waals surface area contributed by atoms with Crippen molar-refractivity contribution in [1.82, 2.24) is 0 Å². The molecule has 19 heavy (non-hydrogen) atoms. The third-order valence-corrected chi connectivity index (χ3v) is 2.91. The SMILES string of the molecule is CCC(N)CC(=O)Nc1ccc2c(c1)OC(C)(C)O2. The third-order valence-electron chi connectivity index (χ3n) is 2.91. The van der Waals surface area contributed by atoms with Gasteiger partial charge in [-0.15, -0.1) is 0 Å². The van der Waals surface area contributed by atoms with Crippen molar-refractivity contribution in [3.63, 3.8) is 0 Å². The lowest BCUT2D eigenvalue weighted by atomic mass is 10.1. The van der Waals surface area contributed by atoms with Crippen molar-refractivity contribution in [3.05, 3.63) is 18.2 Å². The summed E-state index contributed by atoms with van der Waals surface area (Å²) in [5.41, 5.74) is 6.44. The fourth-order valence-electron chi connectivity index (χ4n) is 1.89. The Morgan fingerprint density at radius 2 is 2.05 bits per heavy atom. The Morgan fingerprint density at radius 1 is 1.37 bits per heavy atom. The van der Waals surface area contributed by atoms with Gasteiger partial charge < -0.3 is 20.5 Å². The Kier molecular flexibility index (Phi) is 3.66. The number of hydrogen-bond donors (Lipinski definition) is 2. The standard InChI is InChI=1S/C14H20N2O3/c1-4-9(15)7-13(17)16-10-5-6-11-12(8-10)19-14(2,3)18-11/h5-6,8-9H,4,7,15H2,1-3H3,(H,16,17). The molecule has 0 fully saturated rings. The lowest BCUT2D eigenvalue weighted by molar-refractivity contribution is -0.116. The van der Waals surface area contributed by atoms with Crippen molar-refractivity contribution in [1.29, 1.82) is 0 Å². The number of anilines is 1. The second kappa shape index (κ2) is 5.09. The molecule has 0 spiro atoms. The lowest BCUT2D eigenvalue weighted by Crippen LogP contribution is -2.29. The summed E-state index contributed by atoms with van der Waals surface area (Å²) in [4.78, 5) is 11.7. The Bertz CT molecular complexity index is 486. The summed E-state index contributed by atoms with van der Waals surface area (Å²) in [6, 6.07) is 5.24. The smallest absolute Gasteiger partial charge is 0.246 e. The van der Waals surface area contributed by atoms with Crippen molar-refractivity contribution in [2.24, 2.45) is 5.73 Å². The molecule has 0 saturated carbocycles. The molecule has 0 aliphatic carbocycles. The van der Waals surface area contributed by atoms with Crippen LogP contribution in [0.3, 0.4) is 0 Å². The lowest BCUT2D eigenvalue weighted by Gasteiger charge is -2.16. The zero-order valence-corrected chi connectivity index (χ0v) is 11.5. The van der Waals surface area contributed by atoms with Crippen molar-refractivity contribution < 1.29 is 14.3 Å². The minimum atomic E-state index is -0.657. The first kappa shape index (κ1) is 13.7. The number of amides is 1. The van der Waals surface area contributed by atoms with Gasteiger partial charge >= 0.3 is 0 Å². The van der Waals surface area contributed by atoms with E-state index >= 15 is 0 Å². The fourth-order valence-corrected chi connectivity index (χ4v) is 1.89. The molecule has 1 amide bonds. The number of carbonyl (C=O) groups excluding carboxylic acids is 1. The monoisotopic (exact) mass is 264 g/mol.